The maximum Gasteiger partial charge on any atom is 0.337 e. The van der Waals surface area contributed by atoms with Gasteiger partial charge in [0.1, 0.15) is 30.0 Å². The molecule has 5 aliphatic rings. The Hall–Kier alpha value is -3.30. The molecule has 1 aromatic carbocycles. The van der Waals surface area contributed by atoms with Gasteiger partial charge in [-0.15, -0.1) is 0 Å². The molecule has 14 nitrogen and oxygen atoms in total. The number of allylic oxidation sites excluding steroid dienone is 2. The van der Waals surface area contributed by atoms with E-state index in [0.29, 0.717) is 41.3 Å². The van der Waals surface area contributed by atoms with Gasteiger partial charge in [-0.3, -0.25) is 19.2 Å². The molecule has 3 fully saturated rings. The predicted octanol–water partition coefficient (Wildman–Crippen LogP) is 10.8. The number of nitrogens with one attached hydrogen (secondary N) is 1. The molecular weight excluding hydrogens is 991 g/mol. The molecule has 0 radical (unpaired) electrons. The Morgan fingerprint density at radius 1 is 0.824 bits per heavy atom. The van der Waals surface area contributed by atoms with Crippen LogP contribution in [-0.4, -0.2) is 114 Å². The van der Waals surface area contributed by atoms with Gasteiger partial charge in [-0.05, 0) is 97.8 Å². The van der Waals surface area contributed by atoms with Crippen molar-refractivity contribution in [2.75, 3.05) is 6.61 Å². The molecule has 0 spiro atoms. The number of carbonyl (C=O) groups is 5. The number of benzene rings is 1. The highest BCUT2D eigenvalue weighted by Gasteiger charge is 2.79. The Morgan fingerprint density at radius 3 is 1.92 bits per heavy atom. The molecule has 1 aromatic rings. The Labute approximate surface area is 445 Å². The van der Waals surface area contributed by atoms with Gasteiger partial charge in [-0.2, -0.15) is 0 Å². The number of esters is 3. The quantitative estimate of drug-likeness (QED) is 0.0778. The summed E-state index contributed by atoms with van der Waals surface area (Å²) in [5.74, 6) is -3.89. The fourth-order valence-corrected chi connectivity index (χ4v) is 19.7. The Bertz CT molecular complexity index is 2270. The molecule has 74 heavy (non-hydrogen) atoms. The van der Waals surface area contributed by atoms with Crippen molar-refractivity contribution in [1.29, 1.82) is 0 Å². The van der Waals surface area contributed by atoms with Gasteiger partial charge in [-0.1, -0.05) is 119 Å². The van der Waals surface area contributed by atoms with Crippen molar-refractivity contribution < 1.29 is 61.3 Å². The minimum atomic E-state index is -2.84. The van der Waals surface area contributed by atoms with E-state index < -0.39 is 113 Å². The van der Waals surface area contributed by atoms with Gasteiger partial charge in [0, 0.05) is 38.0 Å². The standard InChI is InChI=1S/C57H91NO13Si3/c1-17-73(18-2,19-3)69-41-34-42-56(36-65-42,68-38(8)59)49-51-57(64)35-40(37(7)45(54(57,12)13)47(50(62)55(41,49)14)71-74(20-4,21-5)22-6)66-52(63)48(70-72(15,16)53(9,10)11)46(39-30-26-25-27-31-39)58-43(60)32-28-23-24-29-33-44(61)67-51/h23-27,30-31,40-42,46-49,51,64H,17-22,28-29,32-36H2,1-16H3,(H,58,60)/b24-23+/t40-,41-,42+,46-,47+,48+,49-,51-,55+,56-,57+/m0/s1. The molecule has 2 aliphatic heterocycles. The predicted molar refractivity (Wildman–Crippen MR) is 292 cm³/mol. The highest BCUT2D eigenvalue weighted by molar-refractivity contribution is 6.74. The second-order valence-corrected chi connectivity index (χ2v) is 38.5. The number of fused-ring (bicyclic) bond motifs is 6. The lowest BCUT2D eigenvalue weighted by molar-refractivity contribution is -0.346. The molecule has 2 N–H and O–H groups in total. The van der Waals surface area contributed by atoms with Crippen LogP contribution in [0.25, 0.3) is 0 Å². The molecule has 0 unspecified atom stereocenters. The highest BCUT2D eigenvalue weighted by atomic mass is 28.4. The van der Waals surface area contributed by atoms with Gasteiger partial charge in [0.05, 0.1) is 30.1 Å². The first-order chi connectivity index (χ1) is 34.6. The van der Waals surface area contributed by atoms with E-state index in [4.69, 9.17) is 32.2 Å². The fraction of sp³-hybridized carbons (Fsp3) is 0.737. The van der Waals surface area contributed by atoms with Crippen molar-refractivity contribution in [3.05, 3.63) is 59.2 Å². The average Bonchev–Trinajstić information content (AvgIpc) is 3.34. The normalized spacial score (nSPS) is 33.8. The van der Waals surface area contributed by atoms with E-state index in [1.807, 2.05) is 83.3 Å². The van der Waals surface area contributed by atoms with Crippen molar-refractivity contribution in [3.63, 3.8) is 0 Å². The number of ether oxygens (including phenoxy) is 4. The number of hydrogen-bond acceptors (Lipinski definition) is 13. The third kappa shape index (κ3) is 10.8. The topological polar surface area (TPSA) is 182 Å². The maximum atomic E-state index is 17.1. The molecule has 2 heterocycles. The number of amides is 1. The first-order valence-electron chi connectivity index (χ1n) is 27.8. The zero-order valence-electron chi connectivity index (χ0n) is 47.7. The largest absolute Gasteiger partial charge is 0.459 e. The summed E-state index contributed by atoms with van der Waals surface area (Å²) in [6.45, 7) is 31.6. The maximum absolute atomic E-state index is 17.1. The fourth-order valence-electron chi connectivity index (χ4n) is 12.8. The molecule has 1 saturated heterocycles. The van der Waals surface area contributed by atoms with Crippen molar-refractivity contribution in [3.8, 4) is 0 Å². The van der Waals surface area contributed by atoms with Crippen LogP contribution in [0.4, 0.5) is 0 Å². The van der Waals surface area contributed by atoms with Crippen LogP contribution in [0.1, 0.15) is 147 Å². The molecule has 2 saturated carbocycles. The van der Waals surface area contributed by atoms with Crippen LogP contribution in [-0.2, 0) is 56.2 Å². The van der Waals surface area contributed by atoms with E-state index >= 15 is 9.59 Å². The summed E-state index contributed by atoms with van der Waals surface area (Å²) in [6, 6.07) is 12.7. The smallest absolute Gasteiger partial charge is 0.337 e. The minimum Gasteiger partial charge on any atom is -0.459 e. The van der Waals surface area contributed by atoms with E-state index in [9.17, 15) is 19.5 Å². The Kier molecular flexibility index (Phi) is 18.3. The second kappa shape index (κ2) is 22.6. The van der Waals surface area contributed by atoms with Crippen molar-refractivity contribution in [2.45, 2.75) is 244 Å². The van der Waals surface area contributed by atoms with E-state index in [-0.39, 0.29) is 55.4 Å². The summed E-state index contributed by atoms with van der Waals surface area (Å²) in [7, 11) is -8.18. The van der Waals surface area contributed by atoms with E-state index in [1.54, 1.807) is 0 Å². The molecule has 11 atom stereocenters. The lowest BCUT2D eigenvalue weighted by Crippen LogP contribution is -2.82. The zero-order chi connectivity index (χ0) is 55.0. The van der Waals surface area contributed by atoms with Crippen LogP contribution >= 0.6 is 0 Å². The van der Waals surface area contributed by atoms with Crippen LogP contribution in [0.2, 0.25) is 54.4 Å². The number of aliphatic hydroxyl groups is 1. The summed E-state index contributed by atoms with van der Waals surface area (Å²) in [5.41, 5.74) is -5.10. The summed E-state index contributed by atoms with van der Waals surface area (Å²) in [6.07, 6.45) is -2.81. The molecule has 1 amide bonds. The number of ketones is 1. The van der Waals surface area contributed by atoms with Crippen LogP contribution < -0.4 is 5.32 Å². The van der Waals surface area contributed by atoms with Crippen LogP contribution in [0.3, 0.4) is 0 Å². The number of carbonyl (C=O) groups excluding carboxylic acids is 5. The van der Waals surface area contributed by atoms with E-state index in [2.05, 4.69) is 67.6 Å². The minimum absolute atomic E-state index is 0.0981. The first kappa shape index (κ1) is 59.9. The van der Waals surface area contributed by atoms with Crippen LogP contribution in [0, 0.1) is 16.7 Å². The third-order valence-electron chi connectivity index (χ3n) is 19.2. The average molecular weight is 1080 g/mol. The number of Topliss-reactive ketones (excluding diaryl/α,β-unsaturated/α-hetero) is 1. The summed E-state index contributed by atoms with van der Waals surface area (Å²) < 4.78 is 49.0. The lowest BCUT2D eigenvalue weighted by Gasteiger charge is -2.68. The van der Waals surface area contributed by atoms with Gasteiger partial charge in [0.15, 0.2) is 42.4 Å². The third-order valence-corrected chi connectivity index (χ3v) is 32.9. The van der Waals surface area contributed by atoms with Gasteiger partial charge >= 0.3 is 17.9 Å². The molecule has 3 bridgehead atoms. The monoisotopic (exact) mass is 1080 g/mol. The molecule has 414 valence electrons. The van der Waals surface area contributed by atoms with Gasteiger partial charge in [0.2, 0.25) is 5.91 Å². The van der Waals surface area contributed by atoms with Gasteiger partial charge < -0.3 is 42.6 Å². The Morgan fingerprint density at radius 2 is 1.39 bits per heavy atom. The molecule has 6 rings (SSSR count). The van der Waals surface area contributed by atoms with Crippen LogP contribution in [0.5, 0.6) is 0 Å². The van der Waals surface area contributed by atoms with Crippen LogP contribution in [0.15, 0.2) is 53.6 Å². The van der Waals surface area contributed by atoms with Gasteiger partial charge in [0.25, 0.3) is 0 Å². The molecule has 17 heteroatoms. The van der Waals surface area contributed by atoms with Crippen molar-refractivity contribution in [2.24, 2.45) is 16.7 Å². The first-order valence-corrected chi connectivity index (χ1v) is 35.7. The molecular formula is C57H91NO13Si3. The van der Waals surface area contributed by atoms with Gasteiger partial charge in [-0.25, -0.2) is 4.79 Å². The van der Waals surface area contributed by atoms with Crippen molar-refractivity contribution in [1.82, 2.24) is 5.32 Å². The SMILES string of the molecule is CC[Si](CC)(CC)O[C@H]1C(=O)[C@]2(C)[C@@H](O[Si](CC)(CC)CC)C[C@H]3OC[C@@]3(OC(C)=O)[C@H]2[C@@H]2OC(=O)CC/C=C/CCC(=O)N[C@@H](c3ccccc3)[C@@H](O[Si](C)(C)C(C)(C)C)C(=O)O[C@H]3C[C@]2(O)C(C)(C)C1=C3C. The summed E-state index contributed by atoms with van der Waals surface area (Å²) >= 11 is 0. The van der Waals surface area contributed by atoms with Crippen molar-refractivity contribution >= 4 is 54.6 Å². The molecule has 0 aromatic heterocycles. The number of hydrogen-bond donors (Lipinski definition) is 2. The van der Waals surface area contributed by atoms with E-state index in [0.717, 1.165) is 18.1 Å². The Balaban J connectivity index is 1.73. The van der Waals surface area contributed by atoms with E-state index in [1.165, 1.54) is 6.92 Å². The zero-order valence-corrected chi connectivity index (χ0v) is 50.7. The highest BCUT2D eigenvalue weighted by Crippen LogP contribution is 2.65. The lowest BCUT2D eigenvalue weighted by atomic mass is 9.44. The summed E-state index contributed by atoms with van der Waals surface area (Å²) in [5, 5.41) is 17.3. The number of rotatable bonds is 14. The molecule has 3 aliphatic carbocycles. The summed E-state index contributed by atoms with van der Waals surface area (Å²) in [4.78, 5) is 75.2. The second-order valence-electron chi connectivity index (χ2n) is 24.3.